The van der Waals surface area contributed by atoms with E-state index in [4.69, 9.17) is 4.74 Å². The molecule has 1 saturated heterocycles. The molecule has 1 amide bonds. The van der Waals surface area contributed by atoms with Crippen molar-refractivity contribution < 1.29 is 14.3 Å². The second-order valence-corrected chi connectivity index (χ2v) is 5.91. The van der Waals surface area contributed by atoms with Crippen molar-refractivity contribution in [3.63, 3.8) is 0 Å². The van der Waals surface area contributed by atoms with E-state index < -0.39 is 11.7 Å². The van der Waals surface area contributed by atoms with Gasteiger partial charge in [-0.1, -0.05) is 15.9 Å². The van der Waals surface area contributed by atoms with Crippen LogP contribution in [0.2, 0.25) is 0 Å². The van der Waals surface area contributed by atoms with Crippen molar-refractivity contribution in [3.05, 3.63) is 27.7 Å². The summed E-state index contributed by atoms with van der Waals surface area (Å²) < 4.78 is 6.39. The summed E-state index contributed by atoms with van der Waals surface area (Å²) >= 11 is 3.36. The minimum absolute atomic E-state index is 0.0470. The first kappa shape index (κ1) is 12.8. The summed E-state index contributed by atoms with van der Waals surface area (Å²) in [4.78, 5) is 25.7. The van der Waals surface area contributed by atoms with Crippen LogP contribution in [-0.2, 0) is 9.53 Å². The Labute approximate surface area is 119 Å². The van der Waals surface area contributed by atoms with Crippen LogP contribution >= 0.6 is 15.9 Å². The van der Waals surface area contributed by atoms with Crippen molar-refractivity contribution in [2.45, 2.75) is 25.9 Å². The summed E-state index contributed by atoms with van der Waals surface area (Å²) in [6, 6.07) is 3.64. The van der Waals surface area contributed by atoms with Gasteiger partial charge in [-0.15, -0.1) is 0 Å². The Morgan fingerprint density at radius 1 is 1.42 bits per heavy atom. The quantitative estimate of drug-likeness (QED) is 0.785. The van der Waals surface area contributed by atoms with Gasteiger partial charge in [0.25, 0.3) is 11.7 Å². The topological polar surface area (TPSA) is 46.6 Å². The third-order valence-electron chi connectivity index (χ3n) is 3.63. The van der Waals surface area contributed by atoms with E-state index in [2.05, 4.69) is 15.9 Å². The molecule has 100 valence electrons. The summed E-state index contributed by atoms with van der Waals surface area (Å²) in [6.45, 7) is 3.13. The maximum atomic E-state index is 12.1. The summed E-state index contributed by atoms with van der Waals surface area (Å²) in [5.41, 5.74) is 2.17. The fraction of sp³-hybridized carbons (Fsp3) is 0.429. The highest BCUT2D eigenvalue weighted by atomic mass is 79.9. The monoisotopic (exact) mass is 323 g/mol. The van der Waals surface area contributed by atoms with E-state index in [1.54, 1.807) is 11.0 Å². The Morgan fingerprint density at radius 3 is 2.89 bits per heavy atom. The zero-order valence-electron chi connectivity index (χ0n) is 10.6. The molecule has 0 saturated carbocycles. The van der Waals surface area contributed by atoms with Gasteiger partial charge in [-0.05, 0) is 37.5 Å². The highest BCUT2D eigenvalue weighted by Crippen LogP contribution is 2.35. The van der Waals surface area contributed by atoms with Crippen molar-refractivity contribution >= 4 is 33.3 Å². The number of aryl methyl sites for hydroxylation is 1. The van der Waals surface area contributed by atoms with Gasteiger partial charge >= 0.3 is 0 Å². The molecule has 0 aliphatic carbocycles. The van der Waals surface area contributed by atoms with Crippen molar-refractivity contribution in [1.29, 1.82) is 0 Å². The third-order valence-corrected chi connectivity index (χ3v) is 4.09. The average molecular weight is 324 g/mol. The van der Waals surface area contributed by atoms with Gasteiger partial charge in [0.05, 0.1) is 23.9 Å². The van der Waals surface area contributed by atoms with Crippen LogP contribution in [-0.4, -0.2) is 30.9 Å². The molecular weight excluding hydrogens is 310 g/mol. The number of carbonyl (C=O) groups is 2. The molecule has 0 aromatic heterocycles. The molecule has 3 rings (SSSR count). The lowest BCUT2D eigenvalue weighted by Crippen LogP contribution is -2.36. The first-order valence-corrected chi connectivity index (χ1v) is 7.15. The Bertz CT molecular complexity index is 564. The van der Waals surface area contributed by atoms with Crippen molar-refractivity contribution in [2.24, 2.45) is 0 Å². The number of carbonyl (C=O) groups excluding carboxylic acids is 2. The normalized spacial score (nSPS) is 22.2. The summed E-state index contributed by atoms with van der Waals surface area (Å²) in [5, 5.41) is 0. The molecule has 5 heteroatoms. The first-order valence-electron chi connectivity index (χ1n) is 6.36. The molecule has 2 aliphatic rings. The fourth-order valence-electron chi connectivity index (χ4n) is 2.77. The number of hydrogen-bond donors (Lipinski definition) is 0. The van der Waals surface area contributed by atoms with Crippen LogP contribution in [0.15, 0.2) is 16.6 Å². The van der Waals surface area contributed by atoms with Crippen LogP contribution in [0.25, 0.3) is 0 Å². The zero-order chi connectivity index (χ0) is 13.6. The summed E-state index contributed by atoms with van der Waals surface area (Å²) in [6.07, 6.45) is 2.01. The Hall–Kier alpha value is -1.20. The van der Waals surface area contributed by atoms with E-state index in [-0.39, 0.29) is 6.10 Å². The standard InChI is InChI=1S/C14H14BrNO3/c1-8-5-9(15)6-11-12(8)16(14(18)13(11)17)7-10-3-2-4-19-10/h5-6,10H,2-4,7H2,1H3. The minimum atomic E-state index is -0.438. The maximum Gasteiger partial charge on any atom is 0.299 e. The summed E-state index contributed by atoms with van der Waals surface area (Å²) in [7, 11) is 0. The van der Waals surface area contributed by atoms with Gasteiger partial charge in [0.15, 0.2) is 0 Å². The number of ether oxygens (including phenoxy) is 1. The molecule has 1 unspecified atom stereocenters. The molecule has 1 aromatic rings. The number of nitrogens with zero attached hydrogens (tertiary/aromatic N) is 1. The van der Waals surface area contributed by atoms with Crippen LogP contribution in [0, 0.1) is 6.92 Å². The predicted molar refractivity (Wildman–Crippen MR) is 74.5 cm³/mol. The Morgan fingerprint density at radius 2 is 2.21 bits per heavy atom. The number of amides is 1. The second kappa shape index (κ2) is 4.72. The maximum absolute atomic E-state index is 12.1. The number of fused-ring (bicyclic) bond motifs is 1. The first-order chi connectivity index (χ1) is 9.08. The summed E-state index contributed by atoms with van der Waals surface area (Å²) in [5.74, 6) is -0.857. The average Bonchev–Trinajstić information content (AvgIpc) is 2.93. The fourth-order valence-corrected chi connectivity index (χ4v) is 3.34. The number of hydrogen-bond acceptors (Lipinski definition) is 3. The molecule has 1 fully saturated rings. The van der Waals surface area contributed by atoms with E-state index in [1.165, 1.54) is 0 Å². The molecule has 4 nitrogen and oxygen atoms in total. The molecule has 2 heterocycles. The lowest BCUT2D eigenvalue weighted by molar-refractivity contribution is -0.114. The number of Topliss-reactive ketones (excluding diaryl/α,β-unsaturated/α-hetero) is 1. The second-order valence-electron chi connectivity index (χ2n) is 5.00. The van der Waals surface area contributed by atoms with Crippen molar-refractivity contribution in [2.75, 3.05) is 18.1 Å². The van der Waals surface area contributed by atoms with Gasteiger partial charge in [-0.3, -0.25) is 9.59 Å². The van der Waals surface area contributed by atoms with E-state index in [0.717, 1.165) is 35.2 Å². The van der Waals surface area contributed by atoms with Crippen LogP contribution in [0.4, 0.5) is 5.69 Å². The smallest absolute Gasteiger partial charge is 0.299 e. The molecule has 1 aromatic carbocycles. The number of rotatable bonds is 2. The van der Waals surface area contributed by atoms with E-state index in [9.17, 15) is 9.59 Å². The number of ketones is 1. The largest absolute Gasteiger partial charge is 0.376 e. The molecule has 0 radical (unpaired) electrons. The lowest BCUT2D eigenvalue weighted by atomic mass is 10.1. The van der Waals surface area contributed by atoms with Crippen LogP contribution in [0.5, 0.6) is 0 Å². The van der Waals surface area contributed by atoms with Gasteiger partial charge in [0.2, 0.25) is 0 Å². The SMILES string of the molecule is Cc1cc(Br)cc2c1N(CC1CCCO1)C(=O)C2=O. The molecule has 1 atom stereocenters. The highest BCUT2D eigenvalue weighted by molar-refractivity contribution is 9.10. The van der Waals surface area contributed by atoms with Gasteiger partial charge in [-0.25, -0.2) is 0 Å². The van der Waals surface area contributed by atoms with E-state index in [1.807, 2.05) is 13.0 Å². The number of benzene rings is 1. The van der Waals surface area contributed by atoms with E-state index >= 15 is 0 Å². The number of anilines is 1. The van der Waals surface area contributed by atoms with Gasteiger partial charge in [0.1, 0.15) is 0 Å². The minimum Gasteiger partial charge on any atom is -0.376 e. The molecular formula is C14H14BrNO3. The lowest BCUT2D eigenvalue weighted by Gasteiger charge is -2.21. The highest BCUT2D eigenvalue weighted by Gasteiger charge is 2.38. The number of halogens is 1. The predicted octanol–water partition coefficient (Wildman–Crippen LogP) is 2.47. The Kier molecular flexibility index (Phi) is 3.19. The van der Waals surface area contributed by atoms with Crippen LogP contribution in [0.3, 0.4) is 0 Å². The molecule has 0 spiro atoms. The van der Waals surface area contributed by atoms with Crippen LogP contribution in [0.1, 0.15) is 28.8 Å². The van der Waals surface area contributed by atoms with Gasteiger partial charge in [0, 0.05) is 11.1 Å². The molecule has 19 heavy (non-hydrogen) atoms. The van der Waals surface area contributed by atoms with Gasteiger partial charge < -0.3 is 9.64 Å². The van der Waals surface area contributed by atoms with Crippen LogP contribution < -0.4 is 4.90 Å². The molecule has 0 bridgehead atoms. The third kappa shape index (κ3) is 2.11. The zero-order valence-corrected chi connectivity index (χ0v) is 12.2. The molecule has 0 N–H and O–H groups in total. The van der Waals surface area contributed by atoms with Gasteiger partial charge in [-0.2, -0.15) is 0 Å². The van der Waals surface area contributed by atoms with Crippen molar-refractivity contribution in [1.82, 2.24) is 0 Å². The van der Waals surface area contributed by atoms with E-state index in [0.29, 0.717) is 12.1 Å². The molecule has 2 aliphatic heterocycles. The Balaban J connectivity index is 1.99. The van der Waals surface area contributed by atoms with Crippen molar-refractivity contribution in [3.8, 4) is 0 Å².